The van der Waals surface area contributed by atoms with Gasteiger partial charge in [0.05, 0.1) is 6.61 Å². The predicted molar refractivity (Wildman–Crippen MR) is 114 cm³/mol. The number of ether oxygens (including phenoxy) is 1. The Morgan fingerprint density at radius 1 is 0.781 bits per heavy atom. The van der Waals surface area contributed by atoms with Crippen molar-refractivity contribution in [3.8, 4) is 0 Å². The van der Waals surface area contributed by atoms with Gasteiger partial charge in [-0.05, 0) is 6.42 Å². The van der Waals surface area contributed by atoms with Crippen LogP contribution in [-0.2, 0) is 19.9 Å². The summed E-state index contributed by atoms with van der Waals surface area (Å²) in [7, 11) is -5.17. The molecule has 0 aliphatic rings. The second-order valence-electron chi connectivity index (χ2n) is 7.63. The third-order valence-corrected chi connectivity index (χ3v) is 4.63. The summed E-state index contributed by atoms with van der Waals surface area (Å²) in [5.74, 6) is -0.276. The number of rotatable bonds is 19. The van der Waals surface area contributed by atoms with E-state index in [4.69, 9.17) is 32.5 Å². The van der Waals surface area contributed by atoms with Gasteiger partial charge in [0, 0.05) is 16.8 Å². The molecule has 32 heavy (non-hydrogen) atoms. The largest absolute Gasteiger partial charge is 1.00 e. The number of aliphatic hydroxyl groups excluding tert-OH is 2. The van der Waals surface area contributed by atoms with E-state index >= 15 is 0 Å². The van der Waals surface area contributed by atoms with Crippen molar-refractivity contribution in [2.45, 2.75) is 116 Å². The molecule has 0 saturated heterocycles. The molecule has 0 aromatic carbocycles. The Kier molecular flexibility index (Phi) is 38.3. The minimum atomic E-state index is -5.17. The Hall–Kier alpha value is 1.26. The minimum absolute atomic E-state index is 0. The Morgan fingerprint density at radius 3 is 1.41 bits per heavy atom. The number of carbonyl (C=O) groups excluding carboxylic acids is 1. The maximum absolute atomic E-state index is 11.4. The summed E-state index contributed by atoms with van der Waals surface area (Å²) in [5, 5.41) is 17.7. The van der Waals surface area contributed by atoms with E-state index in [1.807, 2.05) is 0 Å². The number of unbranched alkanes of at least 4 members (excludes halogenated alkanes) is 14. The first-order chi connectivity index (χ1) is 14.2. The van der Waals surface area contributed by atoms with Crippen LogP contribution >= 0.6 is 0 Å². The molecular formula is C21H42Na2O8S. The zero-order valence-electron chi connectivity index (χ0n) is 20.6. The monoisotopic (exact) mass is 500 g/mol. The predicted octanol–water partition coefficient (Wildman–Crippen LogP) is -2.19. The van der Waals surface area contributed by atoms with Crippen LogP contribution in [0.15, 0.2) is 0 Å². The van der Waals surface area contributed by atoms with Gasteiger partial charge in [-0.3, -0.25) is 13.2 Å². The average Bonchev–Trinajstić information content (AvgIpc) is 2.67. The number of aliphatic hydroxyl groups is 2. The summed E-state index contributed by atoms with van der Waals surface area (Å²) in [5.41, 5.74) is 0. The summed E-state index contributed by atoms with van der Waals surface area (Å²) in [6.07, 6.45) is 19.0. The zero-order chi connectivity index (χ0) is 23.1. The van der Waals surface area contributed by atoms with Gasteiger partial charge in [0.2, 0.25) is 0 Å². The molecule has 0 rings (SSSR count). The van der Waals surface area contributed by atoms with Crippen LogP contribution in [0.25, 0.3) is 0 Å². The van der Waals surface area contributed by atoms with Crippen LogP contribution in [0, 0.1) is 0 Å². The summed E-state index contributed by atoms with van der Waals surface area (Å²) < 4.78 is 38.9. The van der Waals surface area contributed by atoms with Crippen LogP contribution in [0.5, 0.6) is 0 Å². The summed E-state index contributed by atoms with van der Waals surface area (Å²) in [6, 6.07) is 0. The van der Waals surface area contributed by atoms with Gasteiger partial charge < -0.3 is 24.1 Å². The van der Waals surface area contributed by atoms with Crippen LogP contribution in [0.3, 0.4) is 0 Å². The molecule has 0 aliphatic carbocycles. The van der Waals surface area contributed by atoms with Crippen molar-refractivity contribution in [1.29, 1.82) is 0 Å². The van der Waals surface area contributed by atoms with Gasteiger partial charge in [0.25, 0.3) is 0 Å². The molecule has 11 heteroatoms. The molecule has 1 atom stereocenters. The van der Waals surface area contributed by atoms with E-state index in [1.54, 1.807) is 0 Å². The molecule has 0 aliphatic heterocycles. The number of carbonyl (C=O) groups is 1. The summed E-state index contributed by atoms with van der Waals surface area (Å²) in [6.45, 7) is 1.79. The minimum Gasteiger partial charge on any atom is -0.759 e. The summed E-state index contributed by atoms with van der Waals surface area (Å²) >= 11 is 0. The van der Waals surface area contributed by atoms with E-state index in [0.717, 1.165) is 12.8 Å². The van der Waals surface area contributed by atoms with E-state index in [9.17, 15) is 4.79 Å². The quantitative estimate of drug-likeness (QED) is 0.0669. The molecule has 2 N–H and O–H groups in total. The van der Waals surface area contributed by atoms with Gasteiger partial charge in [-0.15, -0.1) is 0 Å². The molecule has 182 valence electrons. The van der Waals surface area contributed by atoms with Crippen molar-refractivity contribution in [3.05, 3.63) is 0 Å². The molecule has 0 aromatic heterocycles. The van der Waals surface area contributed by atoms with Gasteiger partial charge in [0.15, 0.2) is 0 Å². The number of hydrogen-bond donors (Lipinski definition) is 2. The van der Waals surface area contributed by atoms with Crippen molar-refractivity contribution in [2.24, 2.45) is 0 Å². The smallest absolute Gasteiger partial charge is 0.759 e. The topological polar surface area (TPSA) is 147 Å². The molecule has 0 radical (unpaired) electrons. The molecule has 0 amide bonds. The SMILES string of the molecule is CCCCCCCCCCCCCCCCCC(=O)OCC(O)CO.O=S(=O)([O-])[O-].[Na+].[Na+]. The van der Waals surface area contributed by atoms with Crippen LogP contribution in [-0.4, -0.2) is 53.0 Å². The van der Waals surface area contributed by atoms with Gasteiger partial charge in [-0.2, -0.15) is 0 Å². The van der Waals surface area contributed by atoms with Crippen LogP contribution in [0.2, 0.25) is 0 Å². The van der Waals surface area contributed by atoms with E-state index in [2.05, 4.69) is 6.92 Å². The first-order valence-corrected chi connectivity index (χ1v) is 12.6. The number of hydrogen-bond acceptors (Lipinski definition) is 8. The van der Waals surface area contributed by atoms with Gasteiger partial charge in [-0.25, -0.2) is 0 Å². The van der Waals surface area contributed by atoms with Crippen molar-refractivity contribution in [3.63, 3.8) is 0 Å². The molecule has 0 aromatic rings. The molecule has 1 unspecified atom stereocenters. The molecule has 0 fully saturated rings. The van der Waals surface area contributed by atoms with E-state index in [0.29, 0.717) is 6.42 Å². The van der Waals surface area contributed by atoms with Gasteiger partial charge >= 0.3 is 65.1 Å². The summed E-state index contributed by atoms with van der Waals surface area (Å²) in [4.78, 5) is 11.4. The number of esters is 1. The van der Waals surface area contributed by atoms with Crippen LogP contribution in [0.4, 0.5) is 0 Å². The maximum atomic E-state index is 11.4. The normalized spacial score (nSPS) is 11.4. The zero-order valence-corrected chi connectivity index (χ0v) is 25.4. The molecule has 0 bridgehead atoms. The third-order valence-electron chi connectivity index (χ3n) is 4.63. The first kappa shape index (κ1) is 40.4. The van der Waals surface area contributed by atoms with E-state index in [-0.39, 0.29) is 78.3 Å². The van der Waals surface area contributed by atoms with Gasteiger partial charge in [-0.1, -0.05) is 96.8 Å². The fourth-order valence-electron chi connectivity index (χ4n) is 2.95. The van der Waals surface area contributed by atoms with Crippen LogP contribution in [0.1, 0.15) is 110 Å². The average molecular weight is 501 g/mol. The second-order valence-corrected chi connectivity index (χ2v) is 8.44. The molecular weight excluding hydrogens is 458 g/mol. The standard InChI is InChI=1S/C21H42O4.2Na.H2O4S/c1-2-3-4-5-6-7-8-9-10-11-12-13-14-15-16-17-21(24)25-19-20(23)18-22;;;1-5(2,3)4/h20,22-23H,2-19H2,1H3;;;(H2,1,2,3,4)/q;2*+1;/p-2. The van der Waals surface area contributed by atoms with Crippen molar-refractivity contribution in [1.82, 2.24) is 0 Å². The Bertz CT molecular complexity index is 470. The molecule has 0 spiro atoms. The van der Waals surface area contributed by atoms with Crippen molar-refractivity contribution in [2.75, 3.05) is 13.2 Å². The molecule has 0 saturated carbocycles. The van der Waals surface area contributed by atoms with Gasteiger partial charge in [0.1, 0.15) is 12.7 Å². The Labute approximate surface area is 239 Å². The third kappa shape index (κ3) is 44.9. The first-order valence-electron chi connectivity index (χ1n) is 11.3. The molecule has 0 heterocycles. The van der Waals surface area contributed by atoms with E-state index < -0.39 is 16.5 Å². The fourth-order valence-corrected chi connectivity index (χ4v) is 2.95. The van der Waals surface area contributed by atoms with Crippen molar-refractivity contribution < 1.29 is 96.4 Å². The Morgan fingerprint density at radius 2 is 1.09 bits per heavy atom. The fraction of sp³-hybridized carbons (Fsp3) is 0.952. The van der Waals surface area contributed by atoms with Crippen molar-refractivity contribution >= 4 is 16.4 Å². The Balaban J connectivity index is -0.000000501. The van der Waals surface area contributed by atoms with Crippen LogP contribution < -0.4 is 59.1 Å². The maximum Gasteiger partial charge on any atom is 1.00 e. The van der Waals surface area contributed by atoms with E-state index in [1.165, 1.54) is 83.5 Å². The second kappa shape index (κ2) is 30.3. The molecule has 8 nitrogen and oxygen atoms in total.